The number of thioether (sulfide) groups is 1. The monoisotopic (exact) mass is 464 g/mol. The number of hydrazone groups is 1. The van der Waals surface area contributed by atoms with Crippen molar-refractivity contribution in [2.24, 2.45) is 5.10 Å². The average Bonchev–Trinajstić information content (AvgIpc) is 3.16. The number of halogens is 1. The first-order valence-corrected chi connectivity index (χ1v) is 11.3. The molecule has 1 aromatic heterocycles. The average molecular weight is 465 g/mol. The lowest BCUT2D eigenvalue weighted by atomic mass is 10.2. The molecule has 0 radical (unpaired) electrons. The Kier molecular flexibility index (Phi) is 7.09. The van der Waals surface area contributed by atoms with Gasteiger partial charge in [0.25, 0.3) is 5.91 Å². The summed E-state index contributed by atoms with van der Waals surface area (Å²) in [7, 11) is 1.61. The molecular formula is C24H21ClN4O2S. The van der Waals surface area contributed by atoms with Gasteiger partial charge in [-0.1, -0.05) is 65.8 Å². The van der Waals surface area contributed by atoms with Crippen molar-refractivity contribution in [2.75, 3.05) is 12.9 Å². The summed E-state index contributed by atoms with van der Waals surface area (Å²) in [4.78, 5) is 17.0. The van der Waals surface area contributed by atoms with Crippen LogP contribution in [0.5, 0.6) is 5.75 Å². The minimum Gasteiger partial charge on any atom is -0.497 e. The van der Waals surface area contributed by atoms with Gasteiger partial charge in [-0.25, -0.2) is 10.4 Å². The Balaban J connectivity index is 1.45. The Morgan fingerprint density at radius 2 is 1.97 bits per heavy atom. The quantitative estimate of drug-likeness (QED) is 0.226. The molecule has 4 rings (SSSR count). The Hall–Kier alpha value is -3.29. The SMILES string of the molecule is COc1cccc(/C=N/NC(=O)CSc2nc3ccccc3n2Cc2ccccc2Cl)c1. The van der Waals surface area contributed by atoms with E-state index in [1.165, 1.54) is 11.8 Å². The number of nitrogens with one attached hydrogen (secondary N) is 1. The first-order chi connectivity index (χ1) is 15.6. The van der Waals surface area contributed by atoms with Crippen LogP contribution in [0.15, 0.2) is 83.1 Å². The van der Waals surface area contributed by atoms with Crippen molar-refractivity contribution in [3.63, 3.8) is 0 Å². The van der Waals surface area contributed by atoms with Gasteiger partial charge in [-0.3, -0.25) is 4.79 Å². The minimum absolute atomic E-state index is 0.182. The van der Waals surface area contributed by atoms with Crippen molar-refractivity contribution in [2.45, 2.75) is 11.7 Å². The van der Waals surface area contributed by atoms with Gasteiger partial charge in [0.1, 0.15) is 5.75 Å². The van der Waals surface area contributed by atoms with E-state index in [-0.39, 0.29) is 11.7 Å². The van der Waals surface area contributed by atoms with Crippen molar-refractivity contribution in [1.82, 2.24) is 15.0 Å². The summed E-state index contributed by atoms with van der Waals surface area (Å²) in [6.45, 7) is 0.568. The third-order valence-electron chi connectivity index (χ3n) is 4.73. The van der Waals surface area contributed by atoms with E-state index >= 15 is 0 Å². The zero-order chi connectivity index (χ0) is 22.3. The highest BCUT2D eigenvalue weighted by Crippen LogP contribution is 2.27. The number of imidazole rings is 1. The van der Waals surface area contributed by atoms with Gasteiger partial charge in [0, 0.05) is 5.02 Å². The third-order valence-corrected chi connectivity index (χ3v) is 6.08. The van der Waals surface area contributed by atoms with Crippen LogP contribution < -0.4 is 10.2 Å². The largest absolute Gasteiger partial charge is 0.497 e. The van der Waals surface area contributed by atoms with Crippen LogP contribution >= 0.6 is 23.4 Å². The molecule has 0 saturated carbocycles. The van der Waals surface area contributed by atoms with Gasteiger partial charge in [-0.05, 0) is 41.5 Å². The van der Waals surface area contributed by atoms with Crippen LogP contribution in [0.25, 0.3) is 11.0 Å². The number of rotatable bonds is 8. The maximum Gasteiger partial charge on any atom is 0.250 e. The number of para-hydroxylation sites is 2. The molecule has 32 heavy (non-hydrogen) atoms. The summed E-state index contributed by atoms with van der Waals surface area (Å²) < 4.78 is 7.26. The summed E-state index contributed by atoms with van der Waals surface area (Å²) >= 11 is 7.73. The highest BCUT2D eigenvalue weighted by atomic mass is 35.5. The predicted molar refractivity (Wildman–Crippen MR) is 130 cm³/mol. The molecule has 0 aliphatic rings. The molecule has 1 heterocycles. The van der Waals surface area contributed by atoms with Gasteiger partial charge in [0.15, 0.2) is 5.16 Å². The topological polar surface area (TPSA) is 68.5 Å². The number of nitrogens with zero attached hydrogens (tertiary/aromatic N) is 3. The van der Waals surface area contributed by atoms with Crippen LogP contribution in [0.2, 0.25) is 5.02 Å². The third kappa shape index (κ3) is 5.30. The summed E-state index contributed by atoms with van der Waals surface area (Å²) in [5, 5.41) is 5.48. The predicted octanol–water partition coefficient (Wildman–Crippen LogP) is 4.99. The molecule has 0 bridgehead atoms. The molecule has 0 saturated heterocycles. The van der Waals surface area contributed by atoms with Gasteiger partial charge in [-0.2, -0.15) is 5.10 Å². The normalized spacial score (nSPS) is 11.2. The number of aromatic nitrogens is 2. The number of amides is 1. The van der Waals surface area contributed by atoms with Gasteiger partial charge < -0.3 is 9.30 Å². The molecule has 0 atom stereocenters. The molecule has 1 amide bonds. The van der Waals surface area contributed by atoms with Crippen LogP contribution in [0.4, 0.5) is 0 Å². The number of fused-ring (bicyclic) bond motifs is 1. The van der Waals surface area contributed by atoms with E-state index in [2.05, 4.69) is 15.1 Å². The lowest BCUT2D eigenvalue weighted by Gasteiger charge is -2.10. The molecular weight excluding hydrogens is 444 g/mol. The Labute approximate surface area is 195 Å². The van der Waals surface area contributed by atoms with Crippen molar-refractivity contribution in [3.05, 3.63) is 88.9 Å². The second kappa shape index (κ2) is 10.3. The fraction of sp³-hybridized carbons (Fsp3) is 0.125. The van der Waals surface area contributed by atoms with Crippen molar-refractivity contribution in [3.8, 4) is 5.75 Å². The van der Waals surface area contributed by atoms with E-state index in [1.54, 1.807) is 13.3 Å². The molecule has 3 aromatic carbocycles. The second-order valence-electron chi connectivity index (χ2n) is 6.92. The number of carbonyl (C=O) groups is 1. The molecule has 162 valence electrons. The first kappa shape index (κ1) is 21.9. The summed E-state index contributed by atoms with van der Waals surface area (Å²) in [5.41, 5.74) is 6.25. The van der Waals surface area contributed by atoms with Crippen LogP contribution in [0, 0.1) is 0 Å². The maximum atomic E-state index is 12.3. The summed E-state index contributed by atoms with van der Waals surface area (Å²) in [6, 6.07) is 23.1. The van der Waals surface area contributed by atoms with Gasteiger partial charge in [0.05, 0.1) is 36.7 Å². The molecule has 0 fully saturated rings. The number of carbonyl (C=O) groups excluding carboxylic acids is 1. The zero-order valence-electron chi connectivity index (χ0n) is 17.4. The Bertz CT molecular complexity index is 1270. The summed E-state index contributed by atoms with van der Waals surface area (Å²) in [6.07, 6.45) is 1.58. The van der Waals surface area contributed by atoms with Gasteiger partial charge in [0.2, 0.25) is 0 Å². The fourth-order valence-corrected chi connectivity index (χ4v) is 4.18. The van der Waals surface area contributed by atoms with Crippen LogP contribution in [-0.2, 0) is 11.3 Å². The van der Waals surface area contributed by atoms with Gasteiger partial charge in [-0.15, -0.1) is 0 Å². The molecule has 8 heteroatoms. The van der Waals surface area contributed by atoms with E-state index in [0.717, 1.165) is 33.1 Å². The van der Waals surface area contributed by atoms with E-state index in [0.29, 0.717) is 11.6 Å². The standard InChI is InChI=1S/C24H21ClN4O2S/c1-31-19-9-6-7-17(13-19)14-26-28-23(30)16-32-24-27-21-11-4-5-12-22(21)29(24)15-18-8-2-3-10-20(18)25/h2-14H,15-16H2,1H3,(H,28,30)/b26-14+. The van der Waals surface area contributed by atoms with Gasteiger partial charge >= 0.3 is 0 Å². The lowest BCUT2D eigenvalue weighted by molar-refractivity contribution is -0.118. The molecule has 1 N–H and O–H groups in total. The summed E-state index contributed by atoms with van der Waals surface area (Å²) in [5.74, 6) is 0.695. The molecule has 0 spiro atoms. The smallest absolute Gasteiger partial charge is 0.250 e. The highest BCUT2D eigenvalue weighted by molar-refractivity contribution is 7.99. The Morgan fingerprint density at radius 3 is 2.81 bits per heavy atom. The van der Waals surface area contributed by atoms with Crippen LogP contribution in [0.3, 0.4) is 0 Å². The van der Waals surface area contributed by atoms with E-state index in [1.807, 2.05) is 72.8 Å². The molecule has 0 unspecified atom stereocenters. The van der Waals surface area contributed by atoms with E-state index in [4.69, 9.17) is 21.3 Å². The van der Waals surface area contributed by atoms with E-state index in [9.17, 15) is 4.79 Å². The molecule has 6 nitrogen and oxygen atoms in total. The minimum atomic E-state index is -0.217. The number of hydrogen-bond donors (Lipinski definition) is 1. The second-order valence-corrected chi connectivity index (χ2v) is 8.27. The molecule has 4 aromatic rings. The zero-order valence-corrected chi connectivity index (χ0v) is 18.9. The van der Waals surface area contributed by atoms with Crippen LogP contribution in [-0.4, -0.2) is 34.5 Å². The highest BCUT2D eigenvalue weighted by Gasteiger charge is 2.14. The molecule has 0 aliphatic heterocycles. The number of methoxy groups -OCH3 is 1. The lowest BCUT2D eigenvalue weighted by Crippen LogP contribution is -2.20. The first-order valence-electron chi connectivity index (χ1n) is 9.91. The Morgan fingerprint density at radius 1 is 1.16 bits per heavy atom. The van der Waals surface area contributed by atoms with Crippen molar-refractivity contribution >= 4 is 46.5 Å². The van der Waals surface area contributed by atoms with E-state index < -0.39 is 0 Å². The van der Waals surface area contributed by atoms with Crippen molar-refractivity contribution in [1.29, 1.82) is 0 Å². The fourth-order valence-electron chi connectivity index (χ4n) is 3.18. The number of ether oxygens (including phenoxy) is 1. The molecule has 0 aliphatic carbocycles. The number of benzene rings is 3. The maximum absolute atomic E-state index is 12.3. The van der Waals surface area contributed by atoms with Crippen molar-refractivity contribution < 1.29 is 9.53 Å². The number of hydrogen-bond acceptors (Lipinski definition) is 5. The van der Waals surface area contributed by atoms with Crippen LogP contribution in [0.1, 0.15) is 11.1 Å².